The second-order valence-corrected chi connectivity index (χ2v) is 11.6. The molecule has 4 aromatic rings. The Kier molecular flexibility index (Phi) is 8.36. The third-order valence-electron chi connectivity index (χ3n) is 8.23. The monoisotopic (exact) mass is 644 g/mol. The zero-order chi connectivity index (χ0) is 31.9. The minimum Gasteiger partial charge on any atom is -0.477 e. The first kappa shape index (κ1) is 30.7. The molecule has 0 spiro atoms. The van der Waals surface area contributed by atoms with E-state index in [1.807, 2.05) is 17.0 Å². The van der Waals surface area contributed by atoms with Gasteiger partial charge in [0.1, 0.15) is 22.6 Å². The molecule has 13 heteroatoms. The number of fused-ring (bicyclic) bond motifs is 1. The van der Waals surface area contributed by atoms with E-state index in [0.29, 0.717) is 25.3 Å². The van der Waals surface area contributed by atoms with E-state index in [1.54, 1.807) is 24.3 Å². The van der Waals surface area contributed by atoms with Gasteiger partial charge in [-0.2, -0.15) is 0 Å². The summed E-state index contributed by atoms with van der Waals surface area (Å²) in [5.74, 6) is -3.71. The topological polar surface area (TPSA) is 78.2 Å². The predicted molar refractivity (Wildman–Crippen MR) is 163 cm³/mol. The van der Waals surface area contributed by atoms with Gasteiger partial charge in [0.15, 0.2) is 11.6 Å². The number of hydrogen-bond donors (Lipinski definition) is 1. The number of carboxylic acid groups (broad SMARTS) is 1. The summed E-state index contributed by atoms with van der Waals surface area (Å²) in [5.41, 5.74) is -4.56. The van der Waals surface area contributed by atoms with Gasteiger partial charge in [0.25, 0.3) is 0 Å². The van der Waals surface area contributed by atoms with Crippen LogP contribution in [-0.4, -0.2) is 65.4 Å². The van der Waals surface area contributed by atoms with Gasteiger partial charge in [-0.3, -0.25) is 9.69 Å². The van der Waals surface area contributed by atoms with Crippen molar-refractivity contribution >= 4 is 39.8 Å². The summed E-state index contributed by atoms with van der Waals surface area (Å²) in [7, 11) is 0. The Bertz CT molecular complexity index is 1780. The van der Waals surface area contributed by atoms with Crippen molar-refractivity contribution in [1.82, 2.24) is 9.47 Å². The van der Waals surface area contributed by atoms with Gasteiger partial charge in [-0.25, -0.2) is 13.6 Å². The number of likely N-dealkylation sites (tertiary alicyclic amines) is 1. The van der Waals surface area contributed by atoms with Gasteiger partial charge in [0.2, 0.25) is 5.43 Å². The average Bonchev–Trinajstić information content (AvgIpc) is 3.51. The first-order chi connectivity index (χ1) is 21.5. The molecule has 2 aliphatic rings. The number of pyridine rings is 1. The number of nitrogens with zero attached hydrogens (tertiary/aromatic N) is 4. The number of halogens is 5. The van der Waals surface area contributed by atoms with E-state index in [4.69, 9.17) is 16.3 Å². The van der Waals surface area contributed by atoms with E-state index in [2.05, 4.69) is 4.90 Å². The van der Waals surface area contributed by atoms with Gasteiger partial charge in [0, 0.05) is 61.9 Å². The second-order valence-electron chi connectivity index (χ2n) is 11.1. The number of ether oxygens (including phenoxy) is 1. The number of anilines is 2. The number of alkyl halides is 3. The van der Waals surface area contributed by atoms with Crippen LogP contribution in [0.25, 0.3) is 16.6 Å². The smallest absolute Gasteiger partial charge is 0.477 e. The molecule has 0 amide bonds. The van der Waals surface area contributed by atoms with Crippen LogP contribution in [0.3, 0.4) is 0 Å². The number of hydrogen-bond acceptors (Lipinski definition) is 6. The molecule has 2 saturated heterocycles. The van der Waals surface area contributed by atoms with Crippen LogP contribution in [0.4, 0.5) is 28.9 Å². The van der Waals surface area contributed by atoms with E-state index in [9.17, 15) is 27.9 Å². The molecule has 1 N–H and O–H groups in total. The molecule has 2 aliphatic heterocycles. The van der Waals surface area contributed by atoms with Crippen molar-refractivity contribution in [2.75, 3.05) is 49.1 Å². The van der Waals surface area contributed by atoms with Gasteiger partial charge < -0.3 is 24.2 Å². The summed E-state index contributed by atoms with van der Waals surface area (Å²) in [6.07, 6.45) is 3.26. The fraction of sp³-hybridized carbons (Fsp3) is 0.312. The van der Waals surface area contributed by atoms with Crippen LogP contribution in [0.2, 0.25) is 0 Å². The molecule has 8 nitrogen and oxygen atoms in total. The summed E-state index contributed by atoms with van der Waals surface area (Å²) in [6, 6.07) is 13.7. The normalized spacial score (nSPS) is 16.0. The molecule has 236 valence electrons. The maximum Gasteiger partial charge on any atom is 0.487 e. The Labute approximate surface area is 260 Å². The predicted octanol–water partition coefficient (Wildman–Crippen LogP) is 6.06. The number of carbonyl (C=O) groups is 1. The molecule has 0 atom stereocenters. The minimum absolute atomic E-state index is 0.159. The van der Waals surface area contributed by atoms with Crippen molar-refractivity contribution in [2.45, 2.75) is 25.0 Å². The third-order valence-corrected chi connectivity index (χ3v) is 8.30. The summed E-state index contributed by atoms with van der Waals surface area (Å²) in [4.78, 5) is 31.1. The number of piperazine rings is 1. The Morgan fingerprint density at radius 1 is 0.889 bits per heavy atom. The molecule has 45 heavy (non-hydrogen) atoms. The first-order valence-corrected chi connectivity index (χ1v) is 14.8. The van der Waals surface area contributed by atoms with Crippen LogP contribution in [0.5, 0.6) is 5.75 Å². The van der Waals surface area contributed by atoms with Crippen LogP contribution in [-0.2, 0) is 6.54 Å². The van der Waals surface area contributed by atoms with Crippen LogP contribution in [0.15, 0.2) is 65.6 Å². The SMILES string of the molecule is O=C(O)c1cn(-c2ccc(CN3CCCC3)cc2)c2c(OC(F)(F)Cl)c(N3CCN(c4ccc(F)cc4)CC3)c(F)cc2c1=O. The van der Waals surface area contributed by atoms with E-state index < -0.39 is 45.3 Å². The van der Waals surface area contributed by atoms with Crippen molar-refractivity contribution in [3.8, 4) is 11.4 Å². The van der Waals surface area contributed by atoms with Gasteiger partial charge in [-0.15, -0.1) is 8.78 Å². The lowest BCUT2D eigenvalue weighted by Gasteiger charge is -2.38. The number of aromatic carboxylic acids is 1. The Morgan fingerprint density at radius 3 is 2.09 bits per heavy atom. The van der Waals surface area contributed by atoms with Crippen LogP contribution in [0, 0.1) is 11.6 Å². The highest BCUT2D eigenvalue weighted by molar-refractivity contribution is 6.21. The molecule has 0 aliphatic carbocycles. The highest BCUT2D eigenvalue weighted by Crippen LogP contribution is 2.43. The summed E-state index contributed by atoms with van der Waals surface area (Å²) in [6.45, 7) is 3.66. The van der Waals surface area contributed by atoms with Crippen molar-refractivity contribution in [2.24, 2.45) is 0 Å². The zero-order valence-electron chi connectivity index (χ0n) is 24.0. The average molecular weight is 645 g/mol. The summed E-state index contributed by atoms with van der Waals surface area (Å²) in [5, 5.41) is 9.34. The highest BCUT2D eigenvalue weighted by atomic mass is 35.5. The standard InChI is InChI=1S/C32H29ClF4N4O4/c33-32(36,37)45-30-27-24(17-26(35)28(30)40-15-13-39(14-16-40)22-9-5-21(34)6-10-22)29(42)25(31(43)44)19-41(27)23-7-3-20(4-8-23)18-38-11-1-2-12-38/h3-10,17,19H,1-2,11-16,18H2,(H,43,44). The van der Waals surface area contributed by atoms with Crippen LogP contribution >= 0.6 is 11.6 Å². The molecule has 1 aromatic heterocycles. The van der Waals surface area contributed by atoms with Gasteiger partial charge in [-0.1, -0.05) is 12.1 Å². The van der Waals surface area contributed by atoms with Crippen molar-refractivity contribution in [3.05, 3.63) is 93.8 Å². The van der Waals surface area contributed by atoms with Gasteiger partial charge in [0.05, 0.1) is 5.39 Å². The second kappa shape index (κ2) is 12.2. The van der Waals surface area contributed by atoms with E-state index >= 15 is 4.39 Å². The molecular weight excluding hydrogens is 616 g/mol. The van der Waals surface area contributed by atoms with E-state index in [-0.39, 0.29) is 24.3 Å². The molecule has 0 saturated carbocycles. The molecule has 0 radical (unpaired) electrons. The number of carboxylic acids is 1. The molecule has 3 aromatic carbocycles. The zero-order valence-corrected chi connectivity index (χ0v) is 24.7. The summed E-state index contributed by atoms with van der Waals surface area (Å²) >= 11 is 5.25. The maximum atomic E-state index is 15.9. The maximum absolute atomic E-state index is 15.9. The minimum atomic E-state index is -4.29. The highest BCUT2D eigenvalue weighted by Gasteiger charge is 2.35. The molecule has 0 unspecified atom stereocenters. The molecular formula is C32H29ClF4N4O4. The number of benzene rings is 3. The quantitative estimate of drug-likeness (QED) is 0.185. The fourth-order valence-electron chi connectivity index (χ4n) is 6.08. The van der Waals surface area contributed by atoms with Crippen LogP contribution < -0.4 is 20.0 Å². The fourth-order valence-corrected chi connectivity index (χ4v) is 6.16. The van der Waals surface area contributed by atoms with Crippen LogP contribution in [0.1, 0.15) is 28.8 Å². The molecule has 0 bridgehead atoms. The summed E-state index contributed by atoms with van der Waals surface area (Å²) < 4.78 is 64.3. The van der Waals surface area contributed by atoms with E-state index in [0.717, 1.165) is 49.4 Å². The number of rotatable bonds is 8. The lowest BCUT2D eigenvalue weighted by atomic mass is 10.1. The Morgan fingerprint density at radius 2 is 1.49 bits per heavy atom. The largest absolute Gasteiger partial charge is 0.487 e. The van der Waals surface area contributed by atoms with Gasteiger partial charge >= 0.3 is 11.5 Å². The van der Waals surface area contributed by atoms with Crippen molar-refractivity contribution < 1.29 is 32.2 Å². The van der Waals surface area contributed by atoms with Crippen molar-refractivity contribution in [1.29, 1.82) is 0 Å². The lowest BCUT2D eigenvalue weighted by Crippen LogP contribution is -2.47. The van der Waals surface area contributed by atoms with Crippen molar-refractivity contribution in [3.63, 3.8) is 0 Å². The Balaban J connectivity index is 1.47. The lowest BCUT2D eigenvalue weighted by molar-refractivity contribution is -0.0955. The van der Waals surface area contributed by atoms with E-state index in [1.165, 1.54) is 21.6 Å². The number of aromatic nitrogens is 1. The first-order valence-electron chi connectivity index (χ1n) is 14.5. The third kappa shape index (κ3) is 6.43. The Hall–Kier alpha value is -4.29. The van der Waals surface area contributed by atoms with Gasteiger partial charge in [-0.05, 0) is 74.0 Å². The molecule has 6 rings (SSSR count). The molecule has 2 fully saturated rings. The molecule has 3 heterocycles.